The second-order valence-corrected chi connectivity index (χ2v) is 4.33. The zero-order chi connectivity index (χ0) is 12.4. The minimum Gasteiger partial charge on any atom is -0.490 e. The van der Waals surface area contributed by atoms with Gasteiger partial charge in [-0.2, -0.15) is 15.6 Å². The van der Waals surface area contributed by atoms with Crippen LogP contribution >= 0.6 is 0 Å². The lowest BCUT2D eigenvalue weighted by atomic mass is 9.96. The third kappa shape index (κ3) is 1.93. The molecule has 1 aliphatic carbocycles. The monoisotopic (exact) mass is 240 g/mol. The van der Waals surface area contributed by atoms with Gasteiger partial charge in [0, 0.05) is 5.56 Å². The molecule has 1 aliphatic rings. The molecule has 90 valence electrons. The maximum atomic E-state index is 8.93. The van der Waals surface area contributed by atoms with Crippen LogP contribution in [0.3, 0.4) is 0 Å². The van der Waals surface area contributed by atoms with E-state index < -0.39 is 0 Å². The third-order valence-corrected chi connectivity index (χ3v) is 3.12. The van der Waals surface area contributed by atoms with Crippen molar-refractivity contribution in [1.82, 2.24) is 15.4 Å². The average molecular weight is 240 g/mol. The first-order valence-electron chi connectivity index (χ1n) is 5.95. The summed E-state index contributed by atoms with van der Waals surface area (Å²) in [5.41, 5.74) is 1.71. The summed E-state index contributed by atoms with van der Waals surface area (Å²) in [4.78, 5) is 0. The first-order valence-corrected chi connectivity index (χ1v) is 5.95. The molecule has 0 amide bonds. The topological polar surface area (TPSA) is 74.6 Å². The molecule has 0 spiro atoms. The van der Waals surface area contributed by atoms with Crippen molar-refractivity contribution < 1.29 is 4.74 Å². The number of H-pyrrole nitrogens is 1. The summed E-state index contributed by atoms with van der Waals surface area (Å²) in [5.74, 6) is 0.823. The molecule has 0 saturated heterocycles. The highest BCUT2D eigenvalue weighted by molar-refractivity contribution is 5.65. The van der Waals surface area contributed by atoms with Crippen molar-refractivity contribution in [1.29, 1.82) is 5.26 Å². The Kier molecular flexibility index (Phi) is 2.69. The van der Waals surface area contributed by atoms with Crippen LogP contribution in [0.15, 0.2) is 24.3 Å². The van der Waals surface area contributed by atoms with Gasteiger partial charge in [0.2, 0.25) is 0 Å². The molecule has 5 nitrogen and oxygen atoms in total. The lowest BCUT2D eigenvalue weighted by Gasteiger charge is -2.26. The molecular formula is C13H12N4O. The SMILES string of the molecule is N#Cc1n[nH]nc1-c1cccc(OC2CCC2)c1. The fraction of sp³-hybridized carbons (Fsp3) is 0.308. The summed E-state index contributed by atoms with van der Waals surface area (Å²) in [6.45, 7) is 0. The number of hydrogen-bond donors (Lipinski definition) is 1. The van der Waals surface area contributed by atoms with Crippen LogP contribution in [0.2, 0.25) is 0 Å². The molecule has 0 unspecified atom stereocenters. The second kappa shape index (κ2) is 4.49. The van der Waals surface area contributed by atoms with Crippen LogP contribution in [-0.4, -0.2) is 21.5 Å². The molecule has 3 rings (SSSR count). The van der Waals surface area contributed by atoms with E-state index in [9.17, 15) is 0 Å². The van der Waals surface area contributed by atoms with Crippen molar-refractivity contribution in [3.8, 4) is 23.1 Å². The van der Waals surface area contributed by atoms with Crippen LogP contribution in [0.5, 0.6) is 5.75 Å². The first-order chi connectivity index (χ1) is 8.86. The van der Waals surface area contributed by atoms with Gasteiger partial charge in [-0.05, 0) is 31.4 Å². The Morgan fingerprint density at radius 1 is 1.33 bits per heavy atom. The molecule has 1 saturated carbocycles. The molecule has 0 atom stereocenters. The van der Waals surface area contributed by atoms with Crippen molar-refractivity contribution in [3.05, 3.63) is 30.0 Å². The van der Waals surface area contributed by atoms with Gasteiger partial charge < -0.3 is 4.74 Å². The molecule has 1 N–H and O–H groups in total. The van der Waals surface area contributed by atoms with Crippen LogP contribution in [-0.2, 0) is 0 Å². The minimum atomic E-state index is 0.302. The highest BCUT2D eigenvalue weighted by Crippen LogP contribution is 2.28. The Hall–Kier alpha value is -2.35. The molecule has 0 bridgehead atoms. The Labute approximate surface area is 104 Å². The van der Waals surface area contributed by atoms with Crippen molar-refractivity contribution in [2.45, 2.75) is 25.4 Å². The molecule has 1 aromatic carbocycles. The van der Waals surface area contributed by atoms with Crippen LogP contribution in [0.4, 0.5) is 0 Å². The van der Waals surface area contributed by atoms with Gasteiger partial charge in [-0.25, -0.2) is 0 Å². The molecule has 2 aromatic rings. The Morgan fingerprint density at radius 2 is 2.22 bits per heavy atom. The predicted molar refractivity (Wildman–Crippen MR) is 64.8 cm³/mol. The maximum Gasteiger partial charge on any atom is 0.190 e. The van der Waals surface area contributed by atoms with Crippen molar-refractivity contribution >= 4 is 0 Å². The number of rotatable bonds is 3. The van der Waals surface area contributed by atoms with Crippen molar-refractivity contribution in [2.75, 3.05) is 0 Å². The summed E-state index contributed by atoms with van der Waals surface area (Å²) in [6, 6.07) is 9.63. The molecular weight excluding hydrogens is 228 g/mol. The van der Waals surface area contributed by atoms with E-state index in [0.717, 1.165) is 24.2 Å². The quantitative estimate of drug-likeness (QED) is 0.893. The van der Waals surface area contributed by atoms with Gasteiger partial charge in [0.05, 0.1) is 6.10 Å². The summed E-state index contributed by atoms with van der Waals surface area (Å²) in [6.07, 6.45) is 3.83. The first kappa shape index (κ1) is 10.8. The maximum absolute atomic E-state index is 8.93. The molecule has 0 radical (unpaired) electrons. The zero-order valence-corrected chi connectivity index (χ0v) is 9.76. The normalized spacial score (nSPS) is 14.8. The number of aromatic amines is 1. The van der Waals surface area contributed by atoms with E-state index in [2.05, 4.69) is 15.4 Å². The van der Waals surface area contributed by atoms with E-state index in [-0.39, 0.29) is 0 Å². The third-order valence-electron chi connectivity index (χ3n) is 3.12. The number of hydrogen-bond acceptors (Lipinski definition) is 4. The van der Waals surface area contributed by atoms with E-state index >= 15 is 0 Å². The highest BCUT2D eigenvalue weighted by atomic mass is 16.5. The van der Waals surface area contributed by atoms with Crippen LogP contribution in [0.25, 0.3) is 11.3 Å². The lowest BCUT2D eigenvalue weighted by molar-refractivity contribution is 0.120. The predicted octanol–water partition coefficient (Wildman–Crippen LogP) is 2.27. The Balaban J connectivity index is 1.88. The van der Waals surface area contributed by atoms with Gasteiger partial charge in [0.25, 0.3) is 0 Å². The summed E-state index contributed by atoms with van der Waals surface area (Å²) < 4.78 is 5.82. The molecule has 5 heteroatoms. The Morgan fingerprint density at radius 3 is 2.94 bits per heavy atom. The van der Waals surface area contributed by atoms with E-state index in [4.69, 9.17) is 10.00 Å². The summed E-state index contributed by atoms with van der Waals surface area (Å²) >= 11 is 0. The van der Waals surface area contributed by atoms with E-state index in [1.165, 1.54) is 6.42 Å². The van der Waals surface area contributed by atoms with E-state index in [1.807, 2.05) is 30.3 Å². The second-order valence-electron chi connectivity index (χ2n) is 4.33. The number of ether oxygens (including phenoxy) is 1. The minimum absolute atomic E-state index is 0.302. The number of nitrogens with zero attached hydrogens (tertiary/aromatic N) is 3. The fourth-order valence-corrected chi connectivity index (χ4v) is 1.91. The van der Waals surface area contributed by atoms with Gasteiger partial charge in [-0.15, -0.1) is 5.10 Å². The summed E-state index contributed by atoms with van der Waals surface area (Å²) in [5, 5.41) is 19.2. The molecule has 1 heterocycles. The van der Waals surface area contributed by atoms with Gasteiger partial charge in [-0.3, -0.25) is 0 Å². The van der Waals surface area contributed by atoms with Gasteiger partial charge in [0.15, 0.2) is 5.69 Å². The number of benzene rings is 1. The van der Waals surface area contributed by atoms with Crippen molar-refractivity contribution in [2.24, 2.45) is 0 Å². The fourth-order valence-electron chi connectivity index (χ4n) is 1.91. The molecule has 18 heavy (non-hydrogen) atoms. The standard InChI is InChI=1S/C13H12N4O/c14-8-12-13(16-17-15-12)9-3-1-6-11(7-9)18-10-4-2-5-10/h1,3,6-7,10H,2,4-5H2,(H,15,16,17). The molecule has 0 aliphatic heterocycles. The highest BCUT2D eigenvalue weighted by Gasteiger charge is 2.19. The molecule has 1 aromatic heterocycles. The number of nitrogens with one attached hydrogen (secondary N) is 1. The van der Waals surface area contributed by atoms with E-state index in [1.54, 1.807) is 0 Å². The van der Waals surface area contributed by atoms with E-state index in [0.29, 0.717) is 17.5 Å². The summed E-state index contributed by atoms with van der Waals surface area (Å²) in [7, 11) is 0. The smallest absolute Gasteiger partial charge is 0.190 e. The average Bonchev–Trinajstić information content (AvgIpc) is 2.82. The van der Waals surface area contributed by atoms with Crippen LogP contribution in [0.1, 0.15) is 25.0 Å². The largest absolute Gasteiger partial charge is 0.490 e. The van der Waals surface area contributed by atoms with Gasteiger partial charge in [-0.1, -0.05) is 12.1 Å². The van der Waals surface area contributed by atoms with Crippen LogP contribution < -0.4 is 4.74 Å². The lowest BCUT2D eigenvalue weighted by Crippen LogP contribution is -2.24. The van der Waals surface area contributed by atoms with Gasteiger partial charge in [0.1, 0.15) is 17.5 Å². The number of nitriles is 1. The van der Waals surface area contributed by atoms with Crippen LogP contribution in [0, 0.1) is 11.3 Å². The van der Waals surface area contributed by atoms with Gasteiger partial charge >= 0.3 is 0 Å². The Bertz CT molecular complexity index is 595. The molecule has 1 fully saturated rings. The number of aromatic nitrogens is 3. The van der Waals surface area contributed by atoms with Crippen molar-refractivity contribution in [3.63, 3.8) is 0 Å². The zero-order valence-electron chi connectivity index (χ0n) is 9.76.